The summed E-state index contributed by atoms with van der Waals surface area (Å²) in [6.07, 6.45) is 0.367. The Bertz CT molecular complexity index is 1390. The van der Waals surface area contributed by atoms with Gasteiger partial charge in [0.05, 0.1) is 0 Å². The Morgan fingerprint density at radius 3 is 2.50 bits per heavy atom. The van der Waals surface area contributed by atoms with Crippen molar-refractivity contribution in [3.63, 3.8) is 0 Å². The summed E-state index contributed by atoms with van der Waals surface area (Å²) in [6, 6.07) is 0.910. The Morgan fingerprint density at radius 2 is 1.95 bits per heavy atom. The van der Waals surface area contributed by atoms with E-state index >= 15 is 0 Å². The van der Waals surface area contributed by atoms with Crippen molar-refractivity contribution in [1.29, 1.82) is 0 Å². The summed E-state index contributed by atoms with van der Waals surface area (Å²) in [5.41, 5.74) is 8.23. The van der Waals surface area contributed by atoms with Crippen molar-refractivity contribution in [2.75, 3.05) is 46.2 Å². The molecule has 0 radical (unpaired) electrons. The zero-order chi connectivity index (χ0) is 29.4. The second-order valence-electron chi connectivity index (χ2n) is 12.0. The molecule has 3 aliphatic carbocycles. The molecule has 12 heteroatoms. The molecule has 1 amide bonds. The van der Waals surface area contributed by atoms with E-state index < -0.39 is 40.9 Å². The van der Waals surface area contributed by atoms with Crippen molar-refractivity contribution in [3.05, 3.63) is 45.4 Å². The number of hydrogen-bond donors (Lipinski definition) is 4. The van der Waals surface area contributed by atoms with Gasteiger partial charge < -0.3 is 0 Å². The van der Waals surface area contributed by atoms with Crippen LogP contribution in [0.2, 0.25) is 0 Å². The number of allylic oxidation sites excluding steroid dienone is 2. The van der Waals surface area contributed by atoms with Crippen molar-refractivity contribution in [3.8, 4) is 5.75 Å². The van der Waals surface area contributed by atoms with Crippen LogP contribution in [-0.2, 0) is 17.8 Å². The van der Waals surface area contributed by atoms with Crippen molar-refractivity contribution in [2.24, 2.45) is 17.6 Å². The first-order valence-electron chi connectivity index (χ1n) is 13.5. The van der Waals surface area contributed by atoms with E-state index in [2.05, 4.69) is 16.7 Å². The number of aliphatic hydroxyl groups excluding tert-OH is 2. The number of likely N-dealkylation sites (N-methyl/N-ethyl adjacent to an activating group) is 1. The first kappa shape index (κ1) is 28.8. The van der Waals surface area contributed by atoms with Crippen LogP contribution in [-0.4, -0.2) is 108 Å². The number of nitrogens with zero attached hydrogens (tertiary/aromatic N) is 3. The first-order valence-corrected chi connectivity index (χ1v) is 14.0. The number of phenols is 1. The van der Waals surface area contributed by atoms with E-state index in [4.69, 9.17) is 5.73 Å². The normalized spacial score (nSPS) is 30.4. The summed E-state index contributed by atoms with van der Waals surface area (Å²) in [5, 5.41) is 32.8. The van der Waals surface area contributed by atoms with Gasteiger partial charge in [-0.05, 0) is 6.42 Å². The van der Waals surface area contributed by atoms with E-state index in [1.54, 1.807) is 25.1 Å². The number of hydrogen-bond acceptors (Lipinski definition) is 8. The monoisotopic (exact) mass is 570 g/mol. The van der Waals surface area contributed by atoms with Gasteiger partial charge in [-0.25, -0.2) is 4.39 Å². The van der Waals surface area contributed by atoms with Gasteiger partial charge in [-0.2, -0.15) is 0 Å². The SMILES string of the molecule is B=C1C(C(N)=O)=C(O)[C@@H](N(C)C)[C@@H]2C[C@@H]3Cc4c(c(O)cc(CN5CC[C@@H](F)C5)c4N(C)C)C(=O)C3=C(O)[C@]12P. The fourth-order valence-electron chi connectivity index (χ4n) is 7.46. The summed E-state index contributed by atoms with van der Waals surface area (Å²) >= 11 is 0. The van der Waals surface area contributed by atoms with Crippen LogP contribution in [0, 0.1) is 11.8 Å². The molecule has 40 heavy (non-hydrogen) atoms. The van der Waals surface area contributed by atoms with Gasteiger partial charge in [0.2, 0.25) is 0 Å². The second kappa shape index (κ2) is 9.96. The van der Waals surface area contributed by atoms with Crippen LogP contribution >= 0.6 is 9.24 Å². The maximum atomic E-state index is 14.1. The average molecular weight is 570 g/mol. The minimum absolute atomic E-state index is 0.137. The third kappa shape index (κ3) is 4.12. The number of anilines is 1. The molecule has 1 heterocycles. The average Bonchev–Trinajstić information content (AvgIpc) is 3.24. The number of ketones is 1. The molecule has 1 fully saturated rings. The van der Waals surface area contributed by atoms with E-state index in [9.17, 15) is 29.3 Å². The Balaban J connectivity index is 1.67. The summed E-state index contributed by atoms with van der Waals surface area (Å²) in [7, 11) is 13.9. The number of phenolic OH excluding ortho intramolecular Hbond substituents is 1. The van der Waals surface area contributed by atoms with Crippen molar-refractivity contribution >= 4 is 39.6 Å². The number of benzene rings is 1. The van der Waals surface area contributed by atoms with E-state index in [0.29, 0.717) is 44.5 Å². The molecule has 1 saturated heterocycles. The van der Waals surface area contributed by atoms with Crippen LogP contribution in [0.1, 0.15) is 34.3 Å². The van der Waals surface area contributed by atoms with Gasteiger partial charge in [0.1, 0.15) is 6.17 Å². The number of Topliss-reactive ketones (excluding diaryl/α,β-unsaturated/α-hetero) is 1. The number of nitrogens with two attached hydrogens (primary N) is 1. The number of fused-ring (bicyclic) bond motifs is 3. The maximum absolute atomic E-state index is 14.1. The van der Waals surface area contributed by atoms with Gasteiger partial charge in [-0.3, -0.25) is 0 Å². The first-order chi connectivity index (χ1) is 18.7. The van der Waals surface area contributed by atoms with E-state index in [0.717, 1.165) is 11.3 Å². The van der Waals surface area contributed by atoms with Crippen LogP contribution in [0.25, 0.3) is 0 Å². The molecule has 214 valence electrons. The molecule has 0 bridgehead atoms. The predicted octanol–water partition coefficient (Wildman–Crippen LogP) is 1.12. The van der Waals surface area contributed by atoms with Crippen LogP contribution in [0.3, 0.4) is 0 Å². The number of alkyl halides is 1. The number of rotatable bonds is 5. The number of primary amides is 1. The van der Waals surface area contributed by atoms with Gasteiger partial charge in [0.25, 0.3) is 0 Å². The Hall–Kier alpha value is -2.75. The van der Waals surface area contributed by atoms with Crippen LogP contribution in [0.4, 0.5) is 10.1 Å². The predicted molar refractivity (Wildman–Crippen MR) is 157 cm³/mol. The zero-order valence-corrected chi connectivity index (χ0v) is 24.5. The molecule has 4 aliphatic rings. The minimum atomic E-state index is -1.32. The summed E-state index contributed by atoms with van der Waals surface area (Å²) in [5.74, 6) is -2.82. The molecule has 0 aromatic heterocycles. The fourth-order valence-corrected chi connectivity index (χ4v) is 8.08. The van der Waals surface area contributed by atoms with E-state index in [1.807, 2.05) is 23.9 Å². The second-order valence-corrected chi connectivity index (χ2v) is 12.9. The summed E-state index contributed by atoms with van der Waals surface area (Å²) in [4.78, 5) is 32.2. The van der Waals surface area contributed by atoms with Gasteiger partial charge in [0, 0.05) is 0 Å². The van der Waals surface area contributed by atoms with Crippen LogP contribution in [0.15, 0.2) is 28.7 Å². The number of halogens is 1. The Kier molecular flexibility index (Phi) is 7.17. The molecule has 1 aliphatic heterocycles. The number of carbonyl (C=O) groups excluding carboxylic acids is 2. The van der Waals surface area contributed by atoms with Crippen LogP contribution < -0.4 is 10.6 Å². The molecule has 0 spiro atoms. The zero-order valence-electron chi connectivity index (χ0n) is 23.4. The van der Waals surface area contributed by atoms with Crippen molar-refractivity contribution < 1.29 is 29.3 Å². The molecule has 1 aromatic carbocycles. The molecule has 0 saturated carbocycles. The molecule has 6 atom stereocenters. The van der Waals surface area contributed by atoms with Crippen molar-refractivity contribution in [2.45, 2.75) is 43.2 Å². The van der Waals surface area contributed by atoms with Crippen LogP contribution in [0.5, 0.6) is 5.75 Å². The number of aliphatic hydroxyl groups is 2. The fraction of sp³-hybridized carbons (Fsp3) is 0.536. The quantitative estimate of drug-likeness (QED) is 0.306. The Morgan fingerprint density at radius 1 is 1.27 bits per heavy atom. The molecule has 5 rings (SSSR count). The Labute approximate surface area is 236 Å². The number of aromatic hydroxyl groups is 1. The number of carbonyl (C=O) groups is 2. The van der Waals surface area contributed by atoms with Crippen molar-refractivity contribution in [1.82, 2.24) is 9.80 Å². The number of likely N-dealkylation sites (tertiary alicyclic amines) is 1. The molecule has 5 N–H and O–H groups in total. The van der Waals surface area contributed by atoms with Gasteiger partial charge in [-0.1, -0.05) is 0 Å². The van der Waals surface area contributed by atoms with Gasteiger partial charge in [-0.15, -0.1) is 0 Å². The third-order valence-electron chi connectivity index (χ3n) is 9.14. The standard InChI is InChI=1S/C28H37BFN4O5P/c1-32(2)21-13(10-34-6-5-14(30)11-34)9-17(35)19-15(21)7-12-8-16-22(33(3)4)24(37)20(27(31)39)25(29)28(16,40)26(38)18(12)23(19)36/h9,12,14,16,22,29,35,37-38H,5-8,10-11,40H2,1-4H3,(H2,31,39)/t12-,14+,16-,22-,28+/m0/s1. The molecule has 9 nitrogen and oxygen atoms in total. The topological polar surface area (TPSA) is 131 Å². The third-order valence-corrected chi connectivity index (χ3v) is 10.2. The summed E-state index contributed by atoms with van der Waals surface area (Å²) in [6.45, 7) is 1.38. The van der Waals surface area contributed by atoms with E-state index in [-0.39, 0.29) is 39.4 Å². The van der Waals surface area contributed by atoms with Gasteiger partial charge >= 0.3 is 220 Å². The number of amides is 1. The molecular formula is C28H37BFN4O5P. The van der Waals surface area contributed by atoms with E-state index in [1.165, 1.54) is 0 Å². The summed E-state index contributed by atoms with van der Waals surface area (Å²) < 4.78 is 13.9. The molecular weight excluding hydrogens is 533 g/mol. The molecule has 1 unspecified atom stereocenters. The molecule has 1 aromatic rings. The van der Waals surface area contributed by atoms with Gasteiger partial charge in [0.15, 0.2) is 0 Å².